The Morgan fingerprint density at radius 3 is 2.94 bits per heavy atom. The first kappa shape index (κ1) is 24.9. The first-order chi connectivity index (χ1) is 16.0. The van der Waals surface area contributed by atoms with Crippen LogP contribution in [0.5, 0.6) is 0 Å². The fourth-order valence-corrected chi connectivity index (χ4v) is 4.10. The van der Waals surface area contributed by atoms with Crippen LogP contribution in [0.3, 0.4) is 0 Å². The van der Waals surface area contributed by atoms with E-state index in [4.69, 9.17) is 9.72 Å². The normalized spacial score (nSPS) is 14.9. The van der Waals surface area contributed by atoms with Crippen molar-refractivity contribution >= 4 is 17.5 Å². The Labute approximate surface area is 196 Å². The van der Waals surface area contributed by atoms with Crippen LogP contribution in [-0.2, 0) is 22.4 Å². The highest BCUT2D eigenvalue weighted by Gasteiger charge is 2.20. The second-order valence-corrected chi connectivity index (χ2v) is 8.71. The van der Waals surface area contributed by atoms with Gasteiger partial charge in [-0.05, 0) is 75.8 Å². The average molecular weight is 456 g/mol. The number of carboxylic acids is 1. The van der Waals surface area contributed by atoms with Gasteiger partial charge in [0.25, 0.3) is 0 Å². The molecule has 180 valence electrons. The van der Waals surface area contributed by atoms with Crippen molar-refractivity contribution in [2.24, 2.45) is 0 Å². The smallest absolute Gasteiger partial charge is 0.326 e. The largest absolute Gasteiger partial charge is 0.480 e. The van der Waals surface area contributed by atoms with Crippen molar-refractivity contribution in [2.45, 2.75) is 57.6 Å². The molecule has 2 aromatic rings. The van der Waals surface area contributed by atoms with Crippen LogP contribution in [0.2, 0.25) is 0 Å². The second kappa shape index (κ2) is 13.1. The van der Waals surface area contributed by atoms with Gasteiger partial charge in [0.1, 0.15) is 11.9 Å². The number of rotatable bonds is 14. The highest BCUT2D eigenvalue weighted by molar-refractivity contribution is 5.77. The van der Waals surface area contributed by atoms with Gasteiger partial charge >= 0.3 is 5.97 Å². The fraction of sp³-hybridized carbons (Fsp3) is 0.560. The number of aryl methyl sites for hydroxylation is 2. The van der Waals surface area contributed by atoms with Crippen LogP contribution in [0.25, 0.3) is 0 Å². The number of pyridine rings is 2. The van der Waals surface area contributed by atoms with Crippen molar-refractivity contribution < 1.29 is 14.6 Å². The monoisotopic (exact) mass is 455 g/mol. The number of methoxy groups -OCH3 is 1. The highest BCUT2D eigenvalue weighted by Crippen LogP contribution is 2.20. The summed E-state index contributed by atoms with van der Waals surface area (Å²) in [6.45, 7) is 5.40. The van der Waals surface area contributed by atoms with Crippen molar-refractivity contribution in [3.63, 3.8) is 0 Å². The summed E-state index contributed by atoms with van der Waals surface area (Å²) < 4.78 is 5.46. The molecule has 3 N–H and O–H groups in total. The van der Waals surface area contributed by atoms with Crippen molar-refractivity contribution in [3.05, 3.63) is 47.9 Å². The predicted molar refractivity (Wildman–Crippen MR) is 131 cm³/mol. The predicted octanol–water partition coefficient (Wildman–Crippen LogP) is 3.45. The molecule has 0 saturated heterocycles. The molecular weight excluding hydrogens is 418 g/mol. The Morgan fingerprint density at radius 2 is 2.18 bits per heavy atom. The molecule has 3 rings (SSSR count). The van der Waals surface area contributed by atoms with E-state index in [-0.39, 0.29) is 6.10 Å². The van der Waals surface area contributed by atoms with E-state index < -0.39 is 12.0 Å². The maximum Gasteiger partial charge on any atom is 0.326 e. The first-order valence-electron chi connectivity index (χ1n) is 11.9. The number of nitrogens with zero attached hydrogens (tertiary/aromatic N) is 3. The highest BCUT2D eigenvalue weighted by atomic mass is 16.5. The SMILES string of the molecule is CO[C@H](C)CN(CCCCc1ccc2c(n1)NCCC2)CC[C@H](Nc1cccnc1)C(=O)O. The van der Waals surface area contributed by atoms with Crippen LogP contribution in [0.4, 0.5) is 11.5 Å². The summed E-state index contributed by atoms with van der Waals surface area (Å²) in [6, 6.07) is 7.32. The van der Waals surface area contributed by atoms with Gasteiger partial charge < -0.3 is 25.4 Å². The summed E-state index contributed by atoms with van der Waals surface area (Å²) in [6.07, 6.45) is 9.20. The molecule has 0 unspecified atom stereocenters. The second-order valence-electron chi connectivity index (χ2n) is 8.71. The maximum absolute atomic E-state index is 11.8. The zero-order valence-corrected chi connectivity index (χ0v) is 19.8. The number of anilines is 2. The van der Waals surface area contributed by atoms with Crippen molar-refractivity contribution in [3.8, 4) is 0 Å². The number of fused-ring (bicyclic) bond motifs is 1. The number of ether oxygens (including phenoxy) is 1. The molecule has 0 spiro atoms. The minimum Gasteiger partial charge on any atom is -0.480 e. The molecule has 0 aliphatic carbocycles. The number of carboxylic acid groups (broad SMARTS) is 1. The van der Waals surface area contributed by atoms with Crippen LogP contribution in [-0.4, -0.2) is 71.4 Å². The number of hydrogen-bond acceptors (Lipinski definition) is 7. The summed E-state index contributed by atoms with van der Waals surface area (Å²) in [5.41, 5.74) is 3.16. The van der Waals surface area contributed by atoms with E-state index in [1.165, 1.54) is 12.0 Å². The minimum atomic E-state index is -0.856. The average Bonchev–Trinajstić information content (AvgIpc) is 2.84. The van der Waals surface area contributed by atoms with Crippen LogP contribution in [0, 0.1) is 0 Å². The lowest BCUT2D eigenvalue weighted by atomic mass is 10.1. The zero-order chi connectivity index (χ0) is 23.5. The first-order valence-corrected chi connectivity index (χ1v) is 11.9. The van der Waals surface area contributed by atoms with Gasteiger partial charge in [-0.15, -0.1) is 0 Å². The third kappa shape index (κ3) is 8.29. The third-order valence-corrected chi connectivity index (χ3v) is 6.06. The molecule has 0 aromatic carbocycles. The maximum atomic E-state index is 11.8. The standard InChI is InChI=1S/C25H37N5O3/c1-19(33-2)18-30(16-12-23(25(31)32)28-22-9-6-13-26-17-22)15-4-3-8-21-11-10-20-7-5-14-27-24(20)29-21/h6,9-11,13,17,19,23,28H,3-5,7-8,12,14-16,18H2,1-2H3,(H,27,29)(H,31,32)/t19-,23+/m1/s1. The molecule has 2 aromatic heterocycles. The lowest BCUT2D eigenvalue weighted by Gasteiger charge is -2.27. The number of unbranched alkanes of at least 4 members (excludes halogenated alkanes) is 1. The van der Waals surface area contributed by atoms with Gasteiger partial charge in [0.05, 0.1) is 11.8 Å². The van der Waals surface area contributed by atoms with Gasteiger partial charge in [-0.2, -0.15) is 0 Å². The minimum absolute atomic E-state index is 0.0907. The van der Waals surface area contributed by atoms with Gasteiger partial charge in [-0.1, -0.05) is 6.07 Å². The molecule has 0 radical (unpaired) electrons. The lowest BCUT2D eigenvalue weighted by molar-refractivity contribution is -0.138. The summed E-state index contributed by atoms with van der Waals surface area (Å²) in [4.78, 5) is 22.9. The van der Waals surface area contributed by atoms with E-state index in [0.717, 1.165) is 56.8 Å². The molecule has 1 aliphatic heterocycles. The number of nitrogens with one attached hydrogen (secondary N) is 2. The molecular formula is C25H37N5O3. The van der Waals surface area contributed by atoms with E-state index >= 15 is 0 Å². The fourth-order valence-electron chi connectivity index (χ4n) is 4.10. The quantitative estimate of drug-likeness (QED) is 0.373. The van der Waals surface area contributed by atoms with Gasteiger partial charge in [-0.3, -0.25) is 4.98 Å². The molecule has 0 amide bonds. The molecule has 0 fully saturated rings. The number of carbonyl (C=O) groups is 1. The Hall–Kier alpha value is -2.71. The lowest BCUT2D eigenvalue weighted by Crippen LogP contribution is -2.38. The molecule has 0 bridgehead atoms. The van der Waals surface area contributed by atoms with Crippen molar-refractivity contribution in [1.29, 1.82) is 0 Å². The van der Waals surface area contributed by atoms with Gasteiger partial charge in [0.2, 0.25) is 0 Å². The van der Waals surface area contributed by atoms with Gasteiger partial charge in [0, 0.05) is 44.8 Å². The number of hydrogen-bond donors (Lipinski definition) is 3. The molecule has 0 saturated carbocycles. The molecule has 1 aliphatic rings. The van der Waals surface area contributed by atoms with Crippen LogP contribution < -0.4 is 10.6 Å². The molecule has 8 heteroatoms. The van der Waals surface area contributed by atoms with E-state index in [1.807, 2.05) is 13.0 Å². The summed E-state index contributed by atoms with van der Waals surface area (Å²) in [5, 5.41) is 16.1. The van der Waals surface area contributed by atoms with E-state index in [1.54, 1.807) is 25.6 Å². The number of aliphatic carboxylic acids is 1. The van der Waals surface area contributed by atoms with Crippen molar-refractivity contribution in [2.75, 3.05) is 43.9 Å². The molecule has 8 nitrogen and oxygen atoms in total. The van der Waals surface area contributed by atoms with Gasteiger partial charge in [-0.25, -0.2) is 9.78 Å². The summed E-state index contributed by atoms with van der Waals surface area (Å²) in [5.74, 6) is 0.195. The van der Waals surface area contributed by atoms with Gasteiger partial charge in [0.15, 0.2) is 0 Å². The molecule has 2 atom stereocenters. The third-order valence-electron chi connectivity index (χ3n) is 6.06. The Balaban J connectivity index is 1.48. The molecule has 3 heterocycles. The van der Waals surface area contributed by atoms with Crippen molar-refractivity contribution in [1.82, 2.24) is 14.9 Å². The Bertz CT molecular complexity index is 864. The summed E-state index contributed by atoms with van der Waals surface area (Å²) in [7, 11) is 1.71. The molecule has 33 heavy (non-hydrogen) atoms. The van der Waals surface area contributed by atoms with E-state index in [2.05, 4.69) is 32.7 Å². The van der Waals surface area contributed by atoms with Crippen LogP contribution in [0.1, 0.15) is 43.9 Å². The Kier molecular flexibility index (Phi) is 9.90. The zero-order valence-electron chi connectivity index (χ0n) is 19.8. The van der Waals surface area contributed by atoms with E-state index in [9.17, 15) is 9.90 Å². The van der Waals surface area contributed by atoms with Crippen LogP contribution >= 0.6 is 0 Å². The number of aromatic nitrogens is 2. The topological polar surface area (TPSA) is 99.6 Å². The van der Waals surface area contributed by atoms with E-state index in [0.29, 0.717) is 18.7 Å². The van der Waals surface area contributed by atoms with Crippen LogP contribution in [0.15, 0.2) is 36.7 Å². The Morgan fingerprint density at radius 1 is 1.30 bits per heavy atom. The summed E-state index contributed by atoms with van der Waals surface area (Å²) >= 11 is 0.